The SMILES string of the molecule is CC#CCCNS(=O)(=O)c1cccc(F)c1N. The minimum atomic E-state index is -3.78. The molecule has 0 aliphatic heterocycles. The predicted octanol–water partition coefficient (Wildman–Crippen LogP) is 1.10. The fourth-order valence-electron chi connectivity index (χ4n) is 1.20. The van der Waals surface area contributed by atoms with Gasteiger partial charge in [0.25, 0.3) is 0 Å². The van der Waals surface area contributed by atoms with E-state index in [4.69, 9.17) is 5.73 Å². The molecule has 4 nitrogen and oxygen atoms in total. The van der Waals surface area contributed by atoms with Crippen molar-refractivity contribution in [3.63, 3.8) is 0 Å². The van der Waals surface area contributed by atoms with Gasteiger partial charge in [-0.05, 0) is 19.1 Å². The Kier molecular flexibility index (Phi) is 4.49. The summed E-state index contributed by atoms with van der Waals surface area (Å²) in [6, 6.07) is 3.66. The zero-order valence-electron chi connectivity index (χ0n) is 9.33. The highest BCUT2D eigenvalue weighted by atomic mass is 32.2. The standard InChI is InChI=1S/C11H13FN2O2S/c1-2-3-4-8-14-17(15,16)10-7-5-6-9(12)11(10)13/h5-7,14H,4,8,13H2,1H3. The molecule has 0 atom stereocenters. The number of hydrogen-bond acceptors (Lipinski definition) is 3. The molecule has 0 bridgehead atoms. The molecule has 1 aromatic rings. The first kappa shape index (κ1) is 13.5. The summed E-state index contributed by atoms with van der Waals surface area (Å²) in [7, 11) is -3.78. The Labute approximate surface area is 100 Å². The van der Waals surface area contributed by atoms with Crippen molar-refractivity contribution in [2.24, 2.45) is 0 Å². The number of anilines is 1. The lowest BCUT2D eigenvalue weighted by molar-refractivity contribution is 0.580. The second kappa shape index (κ2) is 5.66. The summed E-state index contributed by atoms with van der Waals surface area (Å²) < 4.78 is 38.9. The summed E-state index contributed by atoms with van der Waals surface area (Å²) >= 11 is 0. The summed E-state index contributed by atoms with van der Waals surface area (Å²) in [5, 5.41) is 0. The Bertz CT molecular complexity index is 559. The van der Waals surface area contributed by atoms with Crippen molar-refractivity contribution in [3.05, 3.63) is 24.0 Å². The number of nitrogen functional groups attached to an aromatic ring is 1. The van der Waals surface area contributed by atoms with Crippen LogP contribution in [0.2, 0.25) is 0 Å². The number of rotatable bonds is 4. The van der Waals surface area contributed by atoms with Crippen molar-refractivity contribution >= 4 is 15.7 Å². The monoisotopic (exact) mass is 256 g/mol. The number of nitrogens with one attached hydrogen (secondary N) is 1. The molecule has 0 spiro atoms. The maximum Gasteiger partial charge on any atom is 0.242 e. The summed E-state index contributed by atoms with van der Waals surface area (Å²) in [6.45, 7) is 1.83. The van der Waals surface area contributed by atoms with Gasteiger partial charge in [0.05, 0.1) is 5.69 Å². The molecule has 1 rings (SSSR count). The third-order valence-electron chi connectivity index (χ3n) is 2.02. The zero-order valence-corrected chi connectivity index (χ0v) is 10.1. The summed E-state index contributed by atoms with van der Waals surface area (Å²) in [4.78, 5) is -0.248. The fraction of sp³-hybridized carbons (Fsp3) is 0.273. The van der Waals surface area contributed by atoms with Crippen molar-refractivity contribution in [2.75, 3.05) is 12.3 Å². The van der Waals surface area contributed by atoms with E-state index in [1.54, 1.807) is 6.92 Å². The molecule has 6 heteroatoms. The first-order valence-electron chi connectivity index (χ1n) is 4.92. The van der Waals surface area contributed by atoms with Crippen LogP contribution < -0.4 is 10.5 Å². The molecule has 0 aliphatic carbocycles. The second-order valence-electron chi connectivity index (χ2n) is 3.23. The lowest BCUT2D eigenvalue weighted by Crippen LogP contribution is -2.25. The fourth-order valence-corrected chi connectivity index (χ4v) is 2.37. The van der Waals surface area contributed by atoms with Crippen molar-refractivity contribution < 1.29 is 12.8 Å². The van der Waals surface area contributed by atoms with Gasteiger partial charge in [-0.1, -0.05) is 6.07 Å². The van der Waals surface area contributed by atoms with E-state index in [1.807, 2.05) is 0 Å². The highest BCUT2D eigenvalue weighted by Gasteiger charge is 2.18. The maximum atomic E-state index is 13.1. The molecule has 0 saturated heterocycles. The quantitative estimate of drug-likeness (QED) is 0.481. The minimum absolute atomic E-state index is 0.166. The van der Waals surface area contributed by atoms with Crippen LogP contribution in [0, 0.1) is 17.7 Å². The number of benzene rings is 1. The molecule has 17 heavy (non-hydrogen) atoms. The third kappa shape index (κ3) is 3.44. The molecular weight excluding hydrogens is 243 g/mol. The molecule has 0 aromatic heterocycles. The van der Waals surface area contributed by atoms with Gasteiger partial charge in [-0.15, -0.1) is 11.8 Å². The predicted molar refractivity (Wildman–Crippen MR) is 64.1 cm³/mol. The zero-order chi connectivity index (χ0) is 12.9. The molecular formula is C11H13FN2O2S. The first-order chi connectivity index (χ1) is 7.99. The third-order valence-corrected chi connectivity index (χ3v) is 3.54. The number of halogens is 1. The maximum absolute atomic E-state index is 13.1. The number of hydrogen-bond donors (Lipinski definition) is 2. The van der Waals surface area contributed by atoms with Gasteiger partial charge in [0, 0.05) is 13.0 Å². The Morgan fingerprint density at radius 3 is 2.82 bits per heavy atom. The van der Waals surface area contributed by atoms with Crippen molar-refractivity contribution in [3.8, 4) is 11.8 Å². The lowest BCUT2D eigenvalue weighted by Gasteiger charge is -2.08. The van der Waals surface area contributed by atoms with Crippen LogP contribution in [-0.2, 0) is 10.0 Å². The van der Waals surface area contributed by atoms with E-state index in [9.17, 15) is 12.8 Å². The van der Waals surface area contributed by atoms with Gasteiger partial charge < -0.3 is 5.73 Å². The van der Waals surface area contributed by atoms with Crippen molar-refractivity contribution in [1.82, 2.24) is 4.72 Å². The van der Waals surface area contributed by atoms with E-state index >= 15 is 0 Å². The van der Waals surface area contributed by atoms with Gasteiger partial charge in [0.15, 0.2) is 0 Å². The van der Waals surface area contributed by atoms with E-state index < -0.39 is 15.8 Å². The van der Waals surface area contributed by atoms with Crippen molar-refractivity contribution in [2.45, 2.75) is 18.2 Å². The smallest absolute Gasteiger partial charge is 0.242 e. The average Bonchev–Trinajstić information content (AvgIpc) is 2.28. The molecule has 0 fully saturated rings. The van der Waals surface area contributed by atoms with Gasteiger partial charge >= 0.3 is 0 Å². The molecule has 92 valence electrons. The number of sulfonamides is 1. The highest BCUT2D eigenvalue weighted by molar-refractivity contribution is 7.89. The van der Waals surface area contributed by atoms with E-state index in [-0.39, 0.29) is 17.1 Å². The number of nitrogens with two attached hydrogens (primary N) is 1. The van der Waals surface area contributed by atoms with Crippen LogP contribution in [0.3, 0.4) is 0 Å². The first-order valence-corrected chi connectivity index (χ1v) is 6.40. The molecule has 0 saturated carbocycles. The van der Waals surface area contributed by atoms with Crippen LogP contribution in [0.4, 0.5) is 10.1 Å². The van der Waals surface area contributed by atoms with Crippen LogP contribution in [0.5, 0.6) is 0 Å². The van der Waals surface area contributed by atoms with Gasteiger partial charge in [-0.2, -0.15) is 0 Å². The Morgan fingerprint density at radius 2 is 2.18 bits per heavy atom. The van der Waals surface area contributed by atoms with Crippen LogP contribution in [0.15, 0.2) is 23.1 Å². The lowest BCUT2D eigenvalue weighted by atomic mass is 10.3. The van der Waals surface area contributed by atoms with E-state index in [1.165, 1.54) is 12.1 Å². The highest BCUT2D eigenvalue weighted by Crippen LogP contribution is 2.20. The van der Waals surface area contributed by atoms with E-state index in [0.717, 1.165) is 6.07 Å². The van der Waals surface area contributed by atoms with Gasteiger partial charge in [0.2, 0.25) is 10.0 Å². The topological polar surface area (TPSA) is 72.2 Å². The largest absolute Gasteiger partial charge is 0.395 e. The van der Waals surface area contributed by atoms with Crippen LogP contribution >= 0.6 is 0 Å². The van der Waals surface area contributed by atoms with Crippen LogP contribution in [0.25, 0.3) is 0 Å². The second-order valence-corrected chi connectivity index (χ2v) is 4.96. The van der Waals surface area contributed by atoms with Gasteiger partial charge in [0.1, 0.15) is 10.7 Å². The van der Waals surface area contributed by atoms with Crippen LogP contribution in [-0.4, -0.2) is 15.0 Å². The minimum Gasteiger partial charge on any atom is -0.395 e. The molecule has 0 unspecified atom stereocenters. The normalized spacial score (nSPS) is 10.7. The summed E-state index contributed by atoms with van der Waals surface area (Å²) in [5.74, 6) is 4.61. The Hall–Kier alpha value is -1.58. The Morgan fingerprint density at radius 1 is 1.47 bits per heavy atom. The summed E-state index contributed by atoms with van der Waals surface area (Å²) in [5.41, 5.74) is 5.00. The molecule has 3 N–H and O–H groups in total. The van der Waals surface area contributed by atoms with E-state index in [0.29, 0.717) is 6.42 Å². The Balaban J connectivity index is 2.89. The van der Waals surface area contributed by atoms with Crippen molar-refractivity contribution in [1.29, 1.82) is 0 Å². The van der Waals surface area contributed by atoms with Gasteiger partial charge in [-0.3, -0.25) is 0 Å². The van der Waals surface area contributed by atoms with Crippen LogP contribution in [0.1, 0.15) is 13.3 Å². The molecule has 0 aliphatic rings. The average molecular weight is 256 g/mol. The molecule has 1 aromatic carbocycles. The molecule has 0 amide bonds. The molecule has 0 radical (unpaired) electrons. The van der Waals surface area contributed by atoms with Gasteiger partial charge in [-0.25, -0.2) is 17.5 Å². The summed E-state index contributed by atoms with van der Waals surface area (Å²) in [6.07, 6.45) is 0.394. The van der Waals surface area contributed by atoms with E-state index in [2.05, 4.69) is 16.6 Å². The molecule has 0 heterocycles. The number of para-hydroxylation sites is 1.